The quantitative estimate of drug-likeness (QED) is 0.255. The fraction of sp³-hybridized carbons (Fsp3) is 0.125. The predicted octanol–water partition coefficient (Wildman–Crippen LogP) is 6.34. The Hall–Kier alpha value is -3.22. The fourth-order valence-corrected chi connectivity index (χ4v) is 4.10. The number of ether oxygens (including phenoxy) is 1. The van der Waals surface area contributed by atoms with Crippen LogP contribution in [0.2, 0.25) is 5.02 Å². The first kappa shape index (κ1) is 21.0. The number of hydrogen-bond donors (Lipinski definition) is 0. The number of nitrogens with zero attached hydrogens (tertiary/aromatic N) is 3. The van der Waals surface area contributed by atoms with Gasteiger partial charge in [0.15, 0.2) is 0 Å². The summed E-state index contributed by atoms with van der Waals surface area (Å²) in [5.41, 5.74) is 3.28. The van der Waals surface area contributed by atoms with Crippen LogP contribution < -0.4 is 9.75 Å². The van der Waals surface area contributed by atoms with Gasteiger partial charge in [-0.1, -0.05) is 29.0 Å². The Morgan fingerprint density at radius 1 is 1.13 bits per heavy atom. The summed E-state index contributed by atoms with van der Waals surface area (Å²) in [6.07, 6.45) is 1.64. The zero-order valence-electron chi connectivity index (χ0n) is 17.1. The molecule has 156 valence electrons. The van der Waals surface area contributed by atoms with Crippen LogP contribution in [0.15, 0.2) is 71.8 Å². The lowest BCUT2D eigenvalue weighted by atomic mass is 10.2. The van der Waals surface area contributed by atoms with Crippen molar-refractivity contribution < 1.29 is 9.53 Å². The van der Waals surface area contributed by atoms with Crippen molar-refractivity contribution in [3.8, 4) is 5.75 Å². The van der Waals surface area contributed by atoms with Crippen molar-refractivity contribution in [1.29, 1.82) is 0 Å². The monoisotopic (exact) mass is 449 g/mol. The van der Waals surface area contributed by atoms with E-state index in [1.165, 1.54) is 16.3 Å². The van der Waals surface area contributed by atoms with E-state index in [2.05, 4.69) is 16.2 Å². The number of rotatable bonds is 6. The van der Waals surface area contributed by atoms with Crippen molar-refractivity contribution in [1.82, 2.24) is 4.98 Å². The Kier molecular flexibility index (Phi) is 6.30. The summed E-state index contributed by atoms with van der Waals surface area (Å²) in [6.45, 7) is 4.57. The van der Waals surface area contributed by atoms with E-state index < -0.39 is 0 Å². The zero-order valence-corrected chi connectivity index (χ0v) is 18.7. The molecule has 7 heteroatoms. The normalized spacial score (nSPS) is 11.2. The van der Waals surface area contributed by atoms with Crippen LogP contribution in [0.4, 0.5) is 5.13 Å². The molecular weight excluding hydrogens is 430 g/mol. The van der Waals surface area contributed by atoms with Crippen LogP contribution in [0, 0.1) is 6.92 Å². The molecule has 1 heterocycles. The van der Waals surface area contributed by atoms with Crippen molar-refractivity contribution in [3.05, 3.63) is 88.4 Å². The largest absolute Gasteiger partial charge is 0.494 e. The Labute approximate surface area is 189 Å². The summed E-state index contributed by atoms with van der Waals surface area (Å²) in [6, 6.07) is 20.3. The van der Waals surface area contributed by atoms with Gasteiger partial charge in [-0.15, -0.1) is 0 Å². The average Bonchev–Trinajstić information content (AvgIpc) is 3.18. The fourth-order valence-electron chi connectivity index (χ4n) is 2.95. The van der Waals surface area contributed by atoms with Gasteiger partial charge >= 0.3 is 0 Å². The number of benzene rings is 3. The van der Waals surface area contributed by atoms with Gasteiger partial charge in [-0.05, 0) is 85.6 Å². The van der Waals surface area contributed by atoms with Crippen LogP contribution in [0.5, 0.6) is 5.75 Å². The third kappa shape index (κ3) is 4.93. The molecule has 0 aliphatic rings. The number of aromatic nitrogens is 1. The molecule has 0 saturated heterocycles. The zero-order chi connectivity index (χ0) is 21.8. The molecule has 0 radical (unpaired) electrons. The van der Waals surface area contributed by atoms with Gasteiger partial charge in [-0.25, -0.2) is 4.98 Å². The van der Waals surface area contributed by atoms with Crippen LogP contribution in [0.1, 0.15) is 28.4 Å². The third-order valence-electron chi connectivity index (χ3n) is 4.51. The lowest BCUT2D eigenvalue weighted by Gasteiger charge is -2.14. The second kappa shape index (κ2) is 9.29. The SMILES string of the molecule is CCOc1ccc(/C=N/N(C(=O)c2ccc(Cl)cc2)c2nc3ccc(C)cc3s2)cc1. The number of carbonyl (C=O) groups is 1. The molecule has 0 saturated carbocycles. The molecule has 4 aromatic rings. The van der Waals surface area contributed by atoms with Crippen LogP contribution in [-0.4, -0.2) is 23.7 Å². The van der Waals surface area contributed by atoms with E-state index in [4.69, 9.17) is 16.3 Å². The molecule has 0 atom stereocenters. The predicted molar refractivity (Wildman–Crippen MR) is 128 cm³/mol. The smallest absolute Gasteiger partial charge is 0.280 e. The molecule has 0 aliphatic heterocycles. The molecule has 31 heavy (non-hydrogen) atoms. The summed E-state index contributed by atoms with van der Waals surface area (Å²) < 4.78 is 6.48. The molecule has 1 aromatic heterocycles. The molecule has 1 amide bonds. The first-order chi connectivity index (χ1) is 15.0. The number of carbonyl (C=O) groups excluding carboxylic acids is 1. The number of fused-ring (bicyclic) bond motifs is 1. The maximum Gasteiger partial charge on any atom is 0.280 e. The first-order valence-electron chi connectivity index (χ1n) is 9.77. The van der Waals surface area contributed by atoms with Crippen LogP contribution in [0.25, 0.3) is 10.2 Å². The third-order valence-corrected chi connectivity index (χ3v) is 5.76. The van der Waals surface area contributed by atoms with Gasteiger partial charge in [0.25, 0.3) is 5.91 Å². The Morgan fingerprint density at radius 2 is 1.87 bits per heavy atom. The lowest BCUT2D eigenvalue weighted by Crippen LogP contribution is -2.25. The standard InChI is InChI=1S/C24H20ClN3O2S/c1-3-30-20-11-5-17(6-12-20)15-26-28(23(29)18-7-9-19(25)10-8-18)24-27-21-13-4-16(2)14-22(21)31-24/h4-15H,3H2,1-2H3/b26-15+. The number of anilines is 1. The minimum atomic E-state index is -0.283. The van der Waals surface area contributed by atoms with Crippen LogP contribution in [0.3, 0.4) is 0 Å². The first-order valence-corrected chi connectivity index (χ1v) is 11.0. The molecule has 5 nitrogen and oxygen atoms in total. The van der Waals surface area contributed by atoms with Crippen molar-refractivity contribution in [2.75, 3.05) is 11.6 Å². The highest BCUT2D eigenvalue weighted by atomic mass is 35.5. The molecule has 0 aliphatic carbocycles. The Morgan fingerprint density at radius 3 is 2.58 bits per heavy atom. The minimum Gasteiger partial charge on any atom is -0.494 e. The van der Waals surface area contributed by atoms with E-state index in [0.717, 1.165) is 27.1 Å². The lowest BCUT2D eigenvalue weighted by molar-refractivity contribution is 0.0988. The molecule has 0 unspecified atom stereocenters. The molecule has 4 rings (SSSR count). The summed E-state index contributed by atoms with van der Waals surface area (Å²) in [5, 5.41) is 6.89. The topological polar surface area (TPSA) is 54.8 Å². The van der Waals surface area contributed by atoms with Gasteiger partial charge in [-0.3, -0.25) is 4.79 Å². The van der Waals surface area contributed by atoms with Gasteiger partial charge in [0.05, 0.1) is 23.0 Å². The van der Waals surface area contributed by atoms with E-state index in [0.29, 0.717) is 22.3 Å². The van der Waals surface area contributed by atoms with Crippen molar-refractivity contribution in [3.63, 3.8) is 0 Å². The van der Waals surface area contributed by atoms with Crippen LogP contribution >= 0.6 is 22.9 Å². The minimum absolute atomic E-state index is 0.283. The van der Waals surface area contributed by atoms with E-state index in [-0.39, 0.29) is 5.91 Å². The number of aryl methyl sites for hydroxylation is 1. The molecular formula is C24H20ClN3O2S. The maximum atomic E-state index is 13.3. The van der Waals surface area contributed by atoms with E-state index in [9.17, 15) is 4.79 Å². The van der Waals surface area contributed by atoms with E-state index in [1.54, 1.807) is 30.5 Å². The summed E-state index contributed by atoms with van der Waals surface area (Å²) in [5.74, 6) is 0.505. The highest BCUT2D eigenvalue weighted by Crippen LogP contribution is 2.31. The number of halogens is 1. The highest BCUT2D eigenvalue weighted by Gasteiger charge is 2.21. The Bertz CT molecular complexity index is 1230. The van der Waals surface area contributed by atoms with Gasteiger partial charge in [0, 0.05) is 10.6 Å². The summed E-state index contributed by atoms with van der Waals surface area (Å²) >= 11 is 7.41. The van der Waals surface area contributed by atoms with Crippen LogP contribution in [-0.2, 0) is 0 Å². The molecule has 0 N–H and O–H groups in total. The number of hydrazone groups is 1. The van der Waals surface area contributed by atoms with Crippen molar-refractivity contribution in [2.24, 2.45) is 5.10 Å². The molecule has 0 spiro atoms. The number of thiazole rings is 1. The Balaban J connectivity index is 1.70. The second-order valence-electron chi connectivity index (χ2n) is 6.84. The van der Waals surface area contributed by atoms with E-state index in [1.807, 2.05) is 50.2 Å². The number of amides is 1. The molecule has 0 bridgehead atoms. The van der Waals surface area contributed by atoms with Crippen molar-refractivity contribution >= 4 is 50.4 Å². The second-order valence-corrected chi connectivity index (χ2v) is 8.28. The van der Waals surface area contributed by atoms with Gasteiger partial charge in [0.2, 0.25) is 5.13 Å². The van der Waals surface area contributed by atoms with Gasteiger partial charge < -0.3 is 4.74 Å². The van der Waals surface area contributed by atoms with Gasteiger partial charge in [-0.2, -0.15) is 10.1 Å². The summed E-state index contributed by atoms with van der Waals surface area (Å²) in [4.78, 5) is 17.9. The summed E-state index contributed by atoms with van der Waals surface area (Å²) in [7, 11) is 0. The van der Waals surface area contributed by atoms with Crippen molar-refractivity contribution in [2.45, 2.75) is 13.8 Å². The maximum absolute atomic E-state index is 13.3. The van der Waals surface area contributed by atoms with E-state index >= 15 is 0 Å². The molecule has 3 aromatic carbocycles. The average molecular weight is 450 g/mol. The molecule has 0 fully saturated rings. The number of hydrogen-bond acceptors (Lipinski definition) is 5. The highest BCUT2D eigenvalue weighted by molar-refractivity contribution is 7.22. The van der Waals surface area contributed by atoms with Gasteiger partial charge in [0.1, 0.15) is 5.75 Å².